The summed E-state index contributed by atoms with van der Waals surface area (Å²) in [5.41, 5.74) is 3.37. The van der Waals surface area contributed by atoms with E-state index in [9.17, 15) is 4.79 Å². The highest BCUT2D eigenvalue weighted by Gasteiger charge is 2.20. The minimum absolute atomic E-state index is 0.115. The van der Waals surface area contributed by atoms with Gasteiger partial charge in [0.25, 0.3) is 5.56 Å². The quantitative estimate of drug-likeness (QED) is 0.698. The van der Waals surface area contributed by atoms with Crippen LogP contribution in [0.3, 0.4) is 0 Å². The van der Waals surface area contributed by atoms with Crippen molar-refractivity contribution in [3.8, 4) is 17.1 Å². The lowest BCUT2D eigenvalue weighted by Crippen LogP contribution is -2.35. The van der Waals surface area contributed by atoms with Crippen LogP contribution in [0.5, 0.6) is 5.75 Å². The van der Waals surface area contributed by atoms with E-state index in [0.717, 1.165) is 24.3 Å². The van der Waals surface area contributed by atoms with Gasteiger partial charge in [-0.25, -0.2) is 15.0 Å². The molecule has 1 aliphatic heterocycles. The normalized spacial score (nSPS) is 13.9. The second kappa shape index (κ2) is 7.64. The van der Waals surface area contributed by atoms with Crippen molar-refractivity contribution in [1.29, 1.82) is 0 Å². The number of anilines is 1. The molecule has 0 atom stereocenters. The van der Waals surface area contributed by atoms with Gasteiger partial charge in [-0.3, -0.25) is 9.36 Å². The lowest BCUT2D eigenvalue weighted by atomic mass is 10.0. The molecule has 0 N–H and O–H groups in total. The molecule has 142 valence electrons. The van der Waals surface area contributed by atoms with Crippen molar-refractivity contribution in [2.75, 3.05) is 25.1 Å². The van der Waals surface area contributed by atoms with Crippen molar-refractivity contribution in [1.82, 2.24) is 19.5 Å². The molecule has 0 aliphatic carbocycles. The summed E-state index contributed by atoms with van der Waals surface area (Å²) < 4.78 is 6.93. The van der Waals surface area contributed by atoms with Crippen LogP contribution >= 0.6 is 0 Å². The Kier molecular flexibility index (Phi) is 4.89. The van der Waals surface area contributed by atoms with Crippen molar-refractivity contribution in [2.24, 2.45) is 7.05 Å². The van der Waals surface area contributed by atoms with Crippen LogP contribution in [0.1, 0.15) is 12.0 Å². The fourth-order valence-corrected chi connectivity index (χ4v) is 3.33. The average molecular weight is 375 g/mol. The predicted molar refractivity (Wildman–Crippen MR) is 108 cm³/mol. The standard InChI is InChI=1S/C21H21N5O2/c1-25-20(27)12-19(18-8-9-22-14-23-18)24-21(25)26-10-4-6-16(13-26)15-5-3-7-17(11-15)28-2/h3,5-9,11-12,14H,4,10,13H2,1-2H3. The summed E-state index contributed by atoms with van der Waals surface area (Å²) in [6, 6.07) is 11.3. The first-order valence-corrected chi connectivity index (χ1v) is 9.08. The first-order chi connectivity index (χ1) is 13.7. The Morgan fingerprint density at radius 3 is 2.82 bits per heavy atom. The summed E-state index contributed by atoms with van der Waals surface area (Å²) in [6.45, 7) is 1.46. The SMILES string of the molecule is COc1cccc(C2=CCCN(c3nc(-c4ccncn4)cc(=O)n3C)C2)c1. The van der Waals surface area contributed by atoms with Gasteiger partial charge in [-0.05, 0) is 35.8 Å². The van der Waals surface area contributed by atoms with Gasteiger partial charge in [0.05, 0.1) is 18.5 Å². The van der Waals surface area contributed by atoms with Crippen molar-refractivity contribution < 1.29 is 4.74 Å². The number of methoxy groups -OCH3 is 1. The van der Waals surface area contributed by atoms with Gasteiger partial charge in [0.15, 0.2) is 0 Å². The molecular formula is C21H21N5O2. The molecule has 3 aromatic rings. The van der Waals surface area contributed by atoms with Crippen LogP contribution in [0.15, 0.2) is 59.8 Å². The van der Waals surface area contributed by atoms with Crippen LogP contribution in [-0.4, -0.2) is 39.7 Å². The highest BCUT2D eigenvalue weighted by molar-refractivity contribution is 5.72. The summed E-state index contributed by atoms with van der Waals surface area (Å²) in [5, 5.41) is 0. The Balaban J connectivity index is 1.68. The molecule has 0 amide bonds. The maximum atomic E-state index is 12.5. The van der Waals surface area contributed by atoms with E-state index >= 15 is 0 Å². The molecule has 4 rings (SSSR count). The smallest absolute Gasteiger partial charge is 0.255 e. The number of benzene rings is 1. The predicted octanol–water partition coefficient (Wildman–Crippen LogP) is 2.54. The van der Waals surface area contributed by atoms with Crippen LogP contribution < -0.4 is 15.2 Å². The summed E-state index contributed by atoms with van der Waals surface area (Å²) in [6.07, 6.45) is 6.21. The lowest BCUT2D eigenvalue weighted by molar-refractivity contribution is 0.414. The fraction of sp³-hybridized carbons (Fsp3) is 0.238. The van der Waals surface area contributed by atoms with Crippen LogP contribution in [0.2, 0.25) is 0 Å². The molecule has 7 nitrogen and oxygen atoms in total. The number of hydrogen-bond donors (Lipinski definition) is 0. The third kappa shape index (κ3) is 3.51. The van der Waals surface area contributed by atoms with E-state index < -0.39 is 0 Å². The maximum Gasteiger partial charge on any atom is 0.255 e. The molecule has 7 heteroatoms. The Hall–Kier alpha value is -3.48. The average Bonchev–Trinajstić information content (AvgIpc) is 2.76. The Morgan fingerprint density at radius 1 is 1.14 bits per heavy atom. The maximum absolute atomic E-state index is 12.5. The van der Waals surface area contributed by atoms with Gasteiger partial charge >= 0.3 is 0 Å². The van der Waals surface area contributed by atoms with Crippen LogP contribution in [0.4, 0.5) is 5.95 Å². The van der Waals surface area contributed by atoms with Gasteiger partial charge in [0.2, 0.25) is 5.95 Å². The monoisotopic (exact) mass is 375 g/mol. The summed E-state index contributed by atoms with van der Waals surface area (Å²) in [4.78, 5) is 27.5. The Labute approximate surface area is 163 Å². The summed E-state index contributed by atoms with van der Waals surface area (Å²) >= 11 is 0. The number of hydrogen-bond acceptors (Lipinski definition) is 6. The number of rotatable bonds is 4. The lowest BCUT2D eigenvalue weighted by Gasteiger charge is -2.30. The number of aromatic nitrogens is 4. The van der Waals surface area contributed by atoms with Crippen LogP contribution in [0, 0.1) is 0 Å². The summed E-state index contributed by atoms with van der Waals surface area (Å²) in [7, 11) is 3.41. The van der Waals surface area contributed by atoms with Crippen LogP contribution in [-0.2, 0) is 7.05 Å². The molecule has 0 saturated heterocycles. The van der Waals surface area contributed by atoms with Gasteiger partial charge < -0.3 is 9.64 Å². The van der Waals surface area contributed by atoms with Crippen molar-refractivity contribution >= 4 is 11.5 Å². The second-order valence-corrected chi connectivity index (χ2v) is 6.60. The van der Waals surface area contributed by atoms with Gasteiger partial charge in [-0.1, -0.05) is 18.2 Å². The van der Waals surface area contributed by atoms with Crippen LogP contribution in [0.25, 0.3) is 17.0 Å². The molecule has 0 spiro atoms. The molecule has 2 aromatic heterocycles. The largest absolute Gasteiger partial charge is 0.497 e. The molecule has 0 radical (unpaired) electrons. The zero-order chi connectivity index (χ0) is 19.5. The molecule has 1 aliphatic rings. The van der Waals surface area contributed by atoms with E-state index in [1.807, 2.05) is 18.2 Å². The van der Waals surface area contributed by atoms with E-state index in [1.165, 1.54) is 18.0 Å². The summed E-state index contributed by atoms with van der Waals surface area (Å²) in [5.74, 6) is 1.46. The first-order valence-electron chi connectivity index (χ1n) is 9.08. The Bertz CT molecular complexity index is 1080. The molecule has 0 saturated carbocycles. The van der Waals surface area contributed by atoms with E-state index in [1.54, 1.807) is 31.0 Å². The van der Waals surface area contributed by atoms with Crippen molar-refractivity contribution in [3.05, 3.63) is 70.9 Å². The van der Waals surface area contributed by atoms with Gasteiger partial charge in [0, 0.05) is 32.4 Å². The number of ether oxygens (including phenoxy) is 1. The molecule has 1 aromatic carbocycles. The molecule has 28 heavy (non-hydrogen) atoms. The van der Waals surface area contributed by atoms with Gasteiger partial charge in [0.1, 0.15) is 12.1 Å². The molecule has 0 bridgehead atoms. The Morgan fingerprint density at radius 2 is 2.04 bits per heavy atom. The highest BCUT2D eigenvalue weighted by Crippen LogP contribution is 2.26. The minimum atomic E-state index is -0.115. The van der Waals surface area contributed by atoms with Gasteiger partial charge in [-0.15, -0.1) is 0 Å². The highest BCUT2D eigenvalue weighted by atomic mass is 16.5. The van der Waals surface area contributed by atoms with E-state index in [0.29, 0.717) is 23.9 Å². The minimum Gasteiger partial charge on any atom is -0.497 e. The second-order valence-electron chi connectivity index (χ2n) is 6.60. The fourth-order valence-electron chi connectivity index (χ4n) is 3.33. The van der Waals surface area contributed by atoms with Crippen molar-refractivity contribution in [3.63, 3.8) is 0 Å². The zero-order valence-electron chi connectivity index (χ0n) is 15.9. The molecule has 0 unspecified atom stereocenters. The van der Waals surface area contributed by atoms with E-state index in [-0.39, 0.29) is 5.56 Å². The van der Waals surface area contributed by atoms with E-state index in [4.69, 9.17) is 9.72 Å². The first kappa shape index (κ1) is 17.9. The molecule has 0 fully saturated rings. The third-order valence-corrected chi connectivity index (χ3v) is 4.83. The third-order valence-electron chi connectivity index (χ3n) is 4.83. The van der Waals surface area contributed by atoms with E-state index in [2.05, 4.69) is 27.0 Å². The molecule has 3 heterocycles. The van der Waals surface area contributed by atoms with Gasteiger partial charge in [-0.2, -0.15) is 0 Å². The van der Waals surface area contributed by atoms with Crippen molar-refractivity contribution in [2.45, 2.75) is 6.42 Å². The zero-order valence-corrected chi connectivity index (χ0v) is 15.9. The number of nitrogens with zero attached hydrogens (tertiary/aromatic N) is 5. The topological polar surface area (TPSA) is 73.1 Å². The molecular weight excluding hydrogens is 354 g/mol.